The summed E-state index contributed by atoms with van der Waals surface area (Å²) >= 11 is 6.21. The number of urea groups is 1. The van der Waals surface area contributed by atoms with Crippen molar-refractivity contribution in [1.29, 1.82) is 0 Å². The van der Waals surface area contributed by atoms with Gasteiger partial charge in [0, 0.05) is 31.9 Å². The number of para-hydroxylation sites is 1. The normalized spacial score (nSPS) is 13.9. The van der Waals surface area contributed by atoms with Crippen LogP contribution in [0.15, 0.2) is 66.9 Å². The summed E-state index contributed by atoms with van der Waals surface area (Å²) in [7, 11) is 0. The molecular formula is C25H26ClN5O2. The van der Waals surface area contributed by atoms with Crippen molar-refractivity contribution in [3.63, 3.8) is 0 Å². The van der Waals surface area contributed by atoms with Gasteiger partial charge < -0.3 is 20.4 Å². The van der Waals surface area contributed by atoms with Crippen molar-refractivity contribution in [2.24, 2.45) is 0 Å². The van der Waals surface area contributed by atoms with Crippen molar-refractivity contribution in [3.05, 3.63) is 83.0 Å². The lowest BCUT2D eigenvalue weighted by atomic mass is 10.2. The maximum absolute atomic E-state index is 12.9. The fraction of sp³-hybridized carbons (Fsp3) is 0.240. The summed E-state index contributed by atoms with van der Waals surface area (Å²) in [6.07, 6.45) is 2.47. The summed E-state index contributed by atoms with van der Waals surface area (Å²) in [5.74, 6) is 0.765. The quantitative estimate of drug-likeness (QED) is 0.568. The number of anilines is 3. The van der Waals surface area contributed by atoms with Gasteiger partial charge in [-0.2, -0.15) is 0 Å². The number of amides is 3. The molecule has 3 aromatic rings. The Morgan fingerprint density at radius 1 is 0.909 bits per heavy atom. The van der Waals surface area contributed by atoms with E-state index >= 15 is 0 Å². The smallest absolute Gasteiger partial charge is 0.323 e. The Morgan fingerprint density at radius 2 is 1.70 bits per heavy atom. The number of hydrogen-bond acceptors (Lipinski definition) is 4. The summed E-state index contributed by atoms with van der Waals surface area (Å²) in [4.78, 5) is 33.7. The number of rotatable bonds is 4. The molecular weight excluding hydrogens is 438 g/mol. The molecule has 8 heteroatoms. The molecule has 33 heavy (non-hydrogen) atoms. The summed E-state index contributed by atoms with van der Waals surface area (Å²) in [6, 6.07) is 18.1. The minimum atomic E-state index is -0.317. The third-order valence-corrected chi connectivity index (χ3v) is 5.94. The average molecular weight is 464 g/mol. The molecule has 1 aromatic heterocycles. The van der Waals surface area contributed by atoms with Crippen LogP contribution >= 0.6 is 11.6 Å². The van der Waals surface area contributed by atoms with Gasteiger partial charge >= 0.3 is 6.03 Å². The van der Waals surface area contributed by atoms with E-state index in [1.54, 1.807) is 18.3 Å². The van der Waals surface area contributed by atoms with Gasteiger partial charge in [-0.05, 0) is 49.2 Å². The second-order valence-electron chi connectivity index (χ2n) is 7.91. The molecule has 1 aliphatic rings. The predicted molar refractivity (Wildman–Crippen MR) is 132 cm³/mol. The third-order valence-electron chi connectivity index (χ3n) is 5.61. The Hall–Kier alpha value is -3.58. The van der Waals surface area contributed by atoms with Gasteiger partial charge in [0.05, 0.1) is 22.5 Å². The standard InChI is InChI=1S/C25H26ClN5O2/c1-18-7-2-5-10-22(18)29-25(33)28-19-11-12-23(27-17-19)30-13-6-14-31(16-15-30)24(32)20-8-3-4-9-21(20)26/h2-5,7-12,17H,6,13-16H2,1H3,(H2,28,29,33). The van der Waals surface area contributed by atoms with E-state index in [0.29, 0.717) is 35.9 Å². The Kier molecular flexibility index (Phi) is 7.10. The highest BCUT2D eigenvalue weighted by Gasteiger charge is 2.22. The molecule has 0 radical (unpaired) electrons. The highest BCUT2D eigenvalue weighted by molar-refractivity contribution is 6.33. The van der Waals surface area contributed by atoms with Gasteiger partial charge in [0.15, 0.2) is 0 Å². The molecule has 2 N–H and O–H groups in total. The predicted octanol–water partition coefficient (Wildman–Crippen LogP) is 5.04. The summed E-state index contributed by atoms with van der Waals surface area (Å²) in [6.45, 7) is 4.66. The zero-order valence-electron chi connectivity index (χ0n) is 18.4. The van der Waals surface area contributed by atoms with E-state index < -0.39 is 0 Å². The number of pyridine rings is 1. The molecule has 2 heterocycles. The van der Waals surface area contributed by atoms with Crippen LogP contribution in [0.1, 0.15) is 22.3 Å². The SMILES string of the molecule is Cc1ccccc1NC(=O)Nc1ccc(N2CCCN(C(=O)c3ccccc3Cl)CC2)nc1. The number of aryl methyl sites for hydroxylation is 1. The molecule has 7 nitrogen and oxygen atoms in total. The molecule has 0 aliphatic carbocycles. The van der Waals surface area contributed by atoms with Gasteiger partial charge in [-0.25, -0.2) is 9.78 Å². The minimum absolute atomic E-state index is 0.0466. The minimum Gasteiger partial charge on any atom is -0.355 e. The summed E-state index contributed by atoms with van der Waals surface area (Å²) < 4.78 is 0. The number of carbonyl (C=O) groups is 2. The average Bonchev–Trinajstić information content (AvgIpc) is 3.07. The van der Waals surface area contributed by atoms with Crippen molar-refractivity contribution < 1.29 is 9.59 Å². The second kappa shape index (κ2) is 10.4. The van der Waals surface area contributed by atoms with E-state index in [2.05, 4.69) is 20.5 Å². The van der Waals surface area contributed by atoms with Crippen molar-refractivity contribution in [1.82, 2.24) is 9.88 Å². The Morgan fingerprint density at radius 3 is 2.45 bits per heavy atom. The molecule has 170 valence electrons. The Labute approximate surface area is 198 Å². The topological polar surface area (TPSA) is 77.6 Å². The van der Waals surface area contributed by atoms with E-state index in [0.717, 1.165) is 30.0 Å². The molecule has 2 aromatic carbocycles. The molecule has 1 aliphatic heterocycles. The van der Waals surface area contributed by atoms with Gasteiger partial charge in [-0.1, -0.05) is 41.9 Å². The largest absolute Gasteiger partial charge is 0.355 e. The first-order valence-electron chi connectivity index (χ1n) is 10.9. The maximum Gasteiger partial charge on any atom is 0.323 e. The first-order valence-corrected chi connectivity index (χ1v) is 11.3. The van der Waals surface area contributed by atoms with Gasteiger partial charge in [0.25, 0.3) is 5.91 Å². The molecule has 0 bridgehead atoms. The van der Waals surface area contributed by atoms with Crippen LogP contribution in [0.25, 0.3) is 0 Å². The van der Waals surface area contributed by atoms with Crippen LogP contribution in [0.5, 0.6) is 0 Å². The van der Waals surface area contributed by atoms with Crippen LogP contribution in [-0.4, -0.2) is 48.0 Å². The lowest BCUT2D eigenvalue weighted by Gasteiger charge is -2.23. The van der Waals surface area contributed by atoms with Crippen molar-refractivity contribution >= 4 is 40.7 Å². The van der Waals surface area contributed by atoms with Crippen LogP contribution in [0.4, 0.5) is 22.0 Å². The monoisotopic (exact) mass is 463 g/mol. The molecule has 1 saturated heterocycles. The number of carbonyl (C=O) groups excluding carboxylic acids is 2. The number of benzene rings is 2. The lowest BCUT2D eigenvalue weighted by molar-refractivity contribution is 0.0767. The van der Waals surface area contributed by atoms with Crippen LogP contribution in [-0.2, 0) is 0 Å². The van der Waals surface area contributed by atoms with Gasteiger partial charge in [-0.15, -0.1) is 0 Å². The van der Waals surface area contributed by atoms with E-state index in [4.69, 9.17) is 11.6 Å². The maximum atomic E-state index is 12.9. The zero-order valence-corrected chi connectivity index (χ0v) is 19.2. The number of aromatic nitrogens is 1. The highest BCUT2D eigenvalue weighted by atomic mass is 35.5. The number of nitrogens with one attached hydrogen (secondary N) is 2. The number of halogens is 1. The third kappa shape index (κ3) is 5.62. The molecule has 0 spiro atoms. The molecule has 0 atom stereocenters. The van der Waals surface area contributed by atoms with E-state index in [9.17, 15) is 9.59 Å². The zero-order chi connectivity index (χ0) is 23.2. The first kappa shape index (κ1) is 22.6. The summed E-state index contributed by atoms with van der Waals surface area (Å²) in [5, 5.41) is 6.12. The van der Waals surface area contributed by atoms with Crippen molar-refractivity contribution in [2.75, 3.05) is 41.7 Å². The molecule has 1 fully saturated rings. The molecule has 0 saturated carbocycles. The van der Waals surface area contributed by atoms with Crippen molar-refractivity contribution in [2.45, 2.75) is 13.3 Å². The van der Waals surface area contributed by atoms with Gasteiger partial charge in [0.2, 0.25) is 0 Å². The van der Waals surface area contributed by atoms with Crippen LogP contribution < -0.4 is 15.5 Å². The molecule has 3 amide bonds. The van der Waals surface area contributed by atoms with E-state index in [1.807, 2.05) is 60.4 Å². The number of hydrogen-bond donors (Lipinski definition) is 2. The van der Waals surface area contributed by atoms with Crippen LogP contribution in [0.2, 0.25) is 5.02 Å². The Bertz CT molecular complexity index is 1140. The van der Waals surface area contributed by atoms with E-state index in [1.165, 1.54) is 0 Å². The second-order valence-corrected chi connectivity index (χ2v) is 8.32. The first-order chi connectivity index (χ1) is 16.0. The fourth-order valence-corrected chi connectivity index (χ4v) is 4.02. The molecule has 4 rings (SSSR count). The van der Waals surface area contributed by atoms with Crippen molar-refractivity contribution in [3.8, 4) is 0 Å². The van der Waals surface area contributed by atoms with Gasteiger partial charge in [0.1, 0.15) is 5.82 Å². The van der Waals surface area contributed by atoms with Crippen LogP contribution in [0.3, 0.4) is 0 Å². The fourth-order valence-electron chi connectivity index (χ4n) is 3.80. The lowest BCUT2D eigenvalue weighted by Crippen LogP contribution is -2.35. The van der Waals surface area contributed by atoms with Crippen LogP contribution in [0, 0.1) is 6.92 Å². The van der Waals surface area contributed by atoms with Gasteiger partial charge in [-0.3, -0.25) is 4.79 Å². The highest BCUT2D eigenvalue weighted by Crippen LogP contribution is 2.21. The molecule has 0 unspecified atom stereocenters. The summed E-state index contributed by atoms with van der Waals surface area (Å²) in [5.41, 5.74) is 2.89. The van der Waals surface area contributed by atoms with E-state index in [-0.39, 0.29) is 11.9 Å². The number of nitrogens with zero attached hydrogens (tertiary/aromatic N) is 3. The Balaban J connectivity index is 1.34.